The fourth-order valence-corrected chi connectivity index (χ4v) is 4.26. The number of hydrogen-bond donors (Lipinski definition) is 1. The average Bonchev–Trinajstić information content (AvgIpc) is 3.10. The maximum atomic E-state index is 12.4. The molecule has 4 aromatic rings. The SMILES string of the molecule is Cc1[nH]c(-c2ccccc2OCc2ccc3ncccc3c2)c2c1C(=O)CCC2. The highest BCUT2D eigenvalue weighted by molar-refractivity contribution is 6.01. The van der Waals surface area contributed by atoms with Crippen molar-refractivity contribution in [3.63, 3.8) is 0 Å². The molecular weight excluding hydrogens is 360 g/mol. The molecule has 1 aliphatic rings. The van der Waals surface area contributed by atoms with Crippen LogP contribution in [0.5, 0.6) is 5.75 Å². The minimum absolute atomic E-state index is 0.245. The Bertz CT molecular complexity index is 1220. The first-order chi connectivity index (χ1) is 14.2. The first-order valence-corrected chi connectivity index (χ1v) is 10.0. The predicted molar refractivity (Wildman–Crippen MR) is 114 cm³/mol. The van der Waals surface area contributed by atoms with Crippen molar-refractivity contribution in [1.82, 2.24) is 9.97 Å². The van der Waals surface area contributed by atoms with E-state index in [-0.39, 0.29) is 5.78 Å². The van der Waals surface area contributed by atoms with Crippen LogP contribution in [0.2, 0.25) is 0 Å². The third-order valence-corrected chi connectivity index (χ3v) is 5.62. The van der Waals surface area contributed by atoms with Crippen LogP contribution in [0.1, 0.15) is 40.0 Å². The van der Waals surface area contributed by atoms with Gasteiger partial charge in [0.1, 0.15) is 12.4 Å². The van der Waals surface area contributed by atoms with Gasteiger partial charge in [0.05, 0.1) is 11.2 Å². The Hall–Kier alpha value is -3.40. The second-order valence-electron chi connectivity index (χ2n) is 7.57. The van der Waals surface area contributed by atoms with E-state index in [0.717, 1.165) is 63.1 Å². The zero-order valence-corrected chi connectivity index (χ0v) is 16.4. The second-order valence-corrected chi connectivity index (χ2v) is 7.57. The van der Waals surface area contributed by atoms with Gasteiger partial charge in [0.2, 0.25) is 0 Å². The fourth-order valence-electron chi connectivity index (χ4n) is 4.26. The van der Waals surface area contributed by atoms with Crippen LogP contribution >= 0.6 is 0 Å². The smallest absolute Gasteiger partial charge is 0.164 e. The number of nitrogens with one attached hydrogen (secondary N) is 1. The van der Waals surface area contributed by atoms with Gasteiger partial charge >= 0.3 is 0 Å². The largest absolute Gasteiger partial charge is 0.488 e. The number of ether oxygens (including phenoxy) is 1. The number of hydrogen-bond acceptors (Lipinski definition) is 3. The molecule has 2 aromatic carbocycles. The summed E-state index contributed by atoms with van der Waals surface area (Å²) in [6, 6.07) is 18.2. The summed E-state index contributed by atoms with van der Waals surface area (Å²) in [5, 5.41) is 1.11. The van der Waals surface area contributed by atoms with Gasteiger partial charge in [0.15, 0.2) is 5.78 Å². The monoisotopic (exact) mass is 382 g/mol. The van der Waals surface area contributed by atoms with Crippen LogP contribution in [0, 0.1) is 6.92 Å². The maximum Gasteiger partial charge on any atom is 0.164 e. The van der Waals surface area contributed by atoms with Gasteiger partial charge in [0.25, 0.3) is 0 Å². The molecule has 1 N–H and O–H groups in total. The maximum absolute atomic E-state index is 12.4. The molecule has 1 aliphatic carbocycles. The molecule has 0 radical (unpaired) electrons. The van der Waals surface area contributed by atoms with E-state index in [0.29, 0.717) is 13.0 Å². The van der Waals surface area contributed by atoms with Crippen molar-refractivity contribution in [3.05, 3.63) is 83.2 Å². The molecule has 4 heteroatoms. The quantitative estimate of drug-likeness (QED) is 0.497. The Balaban J connectivity index is 1.47. The third kappa shape index (κ3) is 3.21. The Kier molecular flexibility index (Phi) is 4.39. The summed E-state index contributed by atoms with van der Waals surface area (Å²) < 4.78 is 6.23. The number of Topliss-reactive ketones (excluding diaryl/α,β-unsaturated/α-hetero) is 1. The summed E-state index contributed by atoms with van der Waals surface area (Å²) in [6.07, 6.45) is 4.27. The Morgan fingerprint density at radius 1 is 1.07 bits per heavy atom. The lowest BCUT2D eigenvalue weighted by Crippen LogP contribution is -2.10. The van der Waals surface area contributed by atoms with E-state index in [1.165, 1.54) is 0 Å². The average molecular weight is 382 g/mol. The molecule has 0 aliphatic heterocycles. The van der Waals surface area contributed by atoms with Crippen molar-refractivity contribution >= 4 is 16.7 Å². The van der Waals surface area contributed by atoms with Gasteiger partial charge < -0.3 is 9.72 Å². The molecule has 0 atom stereocenters. The van der Waals surface area contributed by atoms with Crippen LogP contribution in [0.4, 0.5) is 0 Å². The number of para-hydroxylation sites is 1. The summed E-state index contributed by atoms with van der Waals surface area (Å²) in [7, 11) is 0. The topological polar surface area (TPSA) is 55.0 Å². The minimum Gasteiger partial charge on any atom is -0.488 e. The highest BCUT2D eigenvalue weighted by Crippen LogP contribution is 2.38. The zero-order chi connectivity index (χ0) is 19.8. The number of fused-ring (bicyclic) bond motifs is 2. The number of benzene rings is 2. The number of aromatic nitrogens is 2. The van der Waals surface area contributed by atoms with E-state index in [1.807, 2.05) is 37.3 Å². The Morgan fingerprint density at radius 3 is 2.90 bits per heavy atom. The molecule has 2 aromatic heterocycles. The van der Waals surface area contributed by atoms with Crippen LogP contribution < -0.4 is 4.74 Å². The Morgan fingerprint density at radius 2 is 1.97 bits per heavy atom. The number of rotatable bonds is 4. The van der Waals surface area contributed by atoms with Crippen molar-refractivity contribution in [2.24, 2.45) is 0 Å². The lowest BCUT2D eigenvalue weighted by atomic mass is 9.89. The summed E-state index contributed by atoms with van der Waals surface area (Å²) in [6.45, 7) is 2.46. The van der Waals surface area contributed by atoms with Crippen molar-refractivity contribution < 1.29 is 9.53 Å². The Labute approximate surface area is 169 Å². The molecule has 0 spiro atoms. The molecule has 0 amide bonds. The molecule has 4 nitrogen and oxygen atoms in total. The predicted octanol–water partition coefficient (Wildman–Crippen LogP) is 5.64. The fraction of sp³-hybridized carbons (Fsp3) is 0.200. The van der Waals surface area contributed by atoms with Gasteiger partial charge in [-0.15, -0.1) is 0 Å². The molecule has 2 heterocycles. The third-order valence-electron chi connectivity index (χ3n) is 5.62. The number of H-pyrrole nitrogens is 1. The molecule has 0 unspecified atom stereocenters. The summed E-state index contributed by atoms with van der Waals surface area (Å²) in [5.74, 6) is 1.07. The van der Waals surface area contributed by atoms with Crippen LogP contribution in [0.25, 0.3) is 22.2 Å². The van der Waals surface area contributed by atoms with Gasteiger partial charge in [0, 0.05) is 34.8 Å². The van der Waals surface area contributed by atoms with E-state index >= 15 is 0 Å². The lowest BCUT2D eigenvalue weighted by Gasteiger charge is -2.15. The van der Waals surface area contributed by atoms with Gasteiger partial charge in [-0.05, 0) is 61.2 Å². The first-order valence-electron chi connectivity index (χ1n) is 10.0. The summed E-state index contributed by atoms with van der Waals surface area (Å²) in [4.78, 5) is 20.2. The van der Waals surface area contributed by atoms with Crippen molar-refractivity contribution in [3.8, 4) is 17.0 Å². The van der Waals surface area contributed by atoms with Gasteiger partial charge in [-0.25, -0.2) is 0 Å². The van der Waals surface area contributed by atoms with E-state index in [2.05, 4.69) is 34.2 Å². The van der Waals surface area contributed by atoms with Crippen LogP contribution in [-0.4, -0.2) is 15.8 Å². The molecule has 0 fully saturated rings. The van der Waals surface area contributed by atoms with E-state index in [9.17, 15) is 4.79 Å². The lowest BCUT2D eigenvalue weighted by molar-refractivity contribution is 0.0972. The van der Waals surface area contributed by atoms with E-state index in [4.69, 9.17) is 4.74 Å². The summed E-state index contributed by atoms with van der Waals surface area (Å²) in [5.41, 5.74) is 7.07. The molecular formula is C25H22N2O2. The number of pyridine rings is 1. The standard InChI is InChI=1S/C25H22N2O2/c1-16-24-20(8-4-9-22(24)28)25(27-16)19-7-2-3-10-23(19)29-15-17-11-12-21-18(14-17)6-5-13-26-21/h2-3,5-7,10-14,27H,4,8-9,15H2,1H3. The van der Waals surface area contributed by atoms with Crippen LogP contribution in [-0.2, 0) is 13.0 Å². The molecule has 0 saturated carbocycles. The number of ketones is 1. The molecule has 0 bridgehead atoms. The van der Waals surface area contributed by atoms with E-state index < -0.39 is 0 Å². The van der Waals surface area contributed by atoms with Crippen molar-refractivity contribution in [2.75, 3.05) is 0 Å². The van der Waals surface area contributed by atoms with Gasteiger partial charge in [-0.3, -0.25) is 9.78 Å². The molecule has 29 heavy (non-hydrogen) atoms. The highest BCUT2D eigenvalue weighted by Gasteiger charge is 2.26. The highest BCUT2D eigenvalue weighted by atomic mass is 16.5. The van der Waals surface area contributed by atoms with Crippen molar-refractivity contribution in [2.45, 2.75) is 32.8 Å². The number of nitrogens with zero attached hydrogens (tertiary/aromatic N) is 1. The molecule has 144 valence electrons. The second kappa shape index (κ2) is 7.21. The zero-order valence-electron chi connectivity index (χ0n) is 16.4. The normalized spacial score (nSPS) is 13.5. The van der Waals surface area contributed by atoms with Crippen LogP contribution in [0.3, 0.4) is 0 Å². The number of carbonyl (C=O) groups excluding carboxylic acids is 1. The number of carbonyl (C=O) groups is 1. The van der Waals surface area contributed by atoms with Crippen LogP contribution in [0.15, 0.2) is 60.8 Å². The number of aromatic amines is 1. The first kappa shape index (κ1) is 17.7. The molecule has 0 saturated heterocycles. The van der Waals surface area contributed by atoms with Gasteiger partial charge in [-0.1, -0.05) is 24.3 Å². The number of aryl methyl sites for hydroxylation is 1. The van der Waals surface area contributed by atoms with Gasteiger partial charge in [-0.2, -0.15) is 0 Å². The summed E-state index contributed by atoms with van der Waals surface area (Å²) >= 11 is 0. The van der Waals surface area contributed by atoms with E-state index in [1.54, 1.807) is 6.20 Å². The van der Waals surface area contributed by atoms with Crippen molar-refractivity contribution in [1.29, 1.82) is 0 Å². The molecule has 5 rings (SSSR count). The minimum atomic E-state index is 0.245.